The molecular weight excluding hydrogens is 397 g/mol. The van der Waals surface area contributed by atoms with Gasteiger partial charge in [0.05, 0.1) is 16.9 Å². The first-order valence-electron chi connectivity index (χ1n) is 8.09. The Kier molecular flexibility index (Phi) is 6.62. The molecule has 1 heterocycles. The van der Waals surface area contributed by atoms with Crippen LogP contribution in [0, 0.1) is 0 Å². The summed E-state index contributed by atoms with van der Waals surface area (Å²) in [5, 5.41) is 2.40. The highest BCUT2D eigenvalue weighted by Crippen LogP contribution is 2.34. The molecule has 0 aliphatic heterocycles. The quantitative estimate of drug-likeness (QED) is 0.724. The van der Waals surface area contributed by atoms with Crippen LogP contribution in [0.5, 0.6) is 0 Å². The molecule has 0 saturated heterocycles. The van der Waals surface area contributed by atoms with Crippen LogP contribution in [0.4, 0.5) is 24.5 Å². The number of aromatic nitrogens is 1. The van der Waals surface area contributed by atoms with E-state index in [0.717, 1.165) is 18.3 Å². The summed E-state index contributed by atoms with van der Waals surface area (Å²) in [6, 6.07) is 5.82. The van der Waals surface area contributed by atoms with Crippen molar-refractivity contribution >= 4 is 27.3 Å². The van der Waals surface area contributed by atoms with Gasteiger partial charge in [-0.1, -0.05) is 0 Å². The molecule has 11 heteroatoms. The number of sulfonamides is 1. The Bertz CT molecular complexity index is 932. The summed E-state index contributed by atoms with van der Waals surface area (Å²) in [5.41, 5.74) is -0.525. The van der Waals surface area contributed by atoms with Crippen LogP contribution in [-0.4, -0.2) is 39.9 Å². The third-order valence-electron chi connectivity index (χ3n) is 3.67. The fourth-order valence-corrected chi connectivity index (χ4v) is 3.30. The van der Waals surface area contributed by atoms with Crippen molar-refractivity contribution in [3.05, 3.63) is 48.3 Å². The van der Waals surface area contributed by atoms with Crippen molar-refractivity contribution < 1.29 is 26.4 Å². The van der Waals surface area contributed by atoms with E-state index in [4.69, 9.17) is 0 Å². The lowest BCUT2D eigenvalue weighted by atomic mass is 10.1. The molecule has 28 heavy (non-hydrogen) atoms. The minimum Gasteiger partial charge on any atom is -0.376 e. The van der Waals surface area contributed by atoms with E-state index >= 15 is 0 Å². The Morgan fingerprint density at radius 2 is 1.93 bits per heavy atom. The van der Waals surface area contributed by atoms with Gasteiger partial charge in [0.15, 0.2) is 0 Å². The summed E-state index contributed by atoms with van der Waals surface area (Å²) in [4.78, 5) is 17.3. The summed E-state index contributed by atoms with van der Waals surface area (Å²) in [7, 11) is -0.575. The maximum Gasteiger partial charge on any atom is 0.416 e. The normalized spacial score (nSPS) is 11.9. The summed E-state index contributed by atoms with van der Waals surface area (Å²) in [6.07, 6.45) is -2.23. The molecule has 7 nitrogen and oxygen atoms in total. The molecular formula is C17H19F3N4O3S. The predicted molar refractivity (Wildman–Crippen MR) is 98.4 cm³/mol. The lowest BCUT2D eigenvalue weighted by Gasteiger charge is -2.20. The van der Waals surface area contributed by atoms with Crippen LogP contribution >= 0.6 is 0 Å². The van der Waals surface area contributed by atoms with Crippen LogP contribution in [0.15, 0.2) is 47.6 Å². The van der Waals surface area contributed by atoms with Crippen molar-refractivity contribution in [3.8, 4) is 0 Å². The Balaban J connectivity index is 2.04. The standard InChI is InChI=1S/C17H19F3N4O3S/c1-24(2)15-6-5-12(17(18,19)20)10-14(15)23-16(25)7-9-22-28(26,27)13-4-3-8-21-11-13/h3-6,8,10-11,22H,7,9H2,1-2H3,(H,23,25). The van der Waals surface area contributed by atoms with Gasteiger partial charge >= 0.3 is 6.18 Å². The van der Waals surface area contributed by atoms with Gasteiger partial charge in [-0.3, -0.25) is 9.78 Å². The van der Waals surface area contributed by atoms with E-state index in [1.54, 1.807) is 19.0 Å². The second kappa shape index (κ2) is 8.57. The third-order valence-corrected chi connectivity index (χ3v) is 5.11. The minimum absolute atomic E-state index is 0.0139. The minimum atomic E-state index is -4.55. The third kappa shape index (κ3) is 5.67. The molecule has 0 fully saturated rings. The SMILES string of the molecule is CN(C)c1ccc(C(F)(F)F)cc1NC(=O)CCNS(=O)(=O)c1cccnc1. The molecule has 2 aromatic rings. The van der Waals surface area contributed by atoms with E-state index in [0.29, 0.717) is 5.69 Å². The number of alkyl halides is 3. The molecule has 2 rings (SSSR count). The fraction of sp³-hybridized carbons (Fsp3) is 0.294. The number of rotatable bonds is 7. The van der Waals surface area contributed by atoms with E-state index in [1.807, 2.05) is 0 Å². The van der Waals surface area contributed by atoms with E-state index in [1.165, 1.54) is 24.4 Å². The number of hydrogen-bond acceptors (Lipinski definition) is 5. The molecule has 2 N–H and O–H groups in total. The smallest absolute Gasteiger partial charge is 0.376 e. The fourth-order valence-electron chi connectivity index (χ4n) is 2.30. The average molecular weight is 416 g/mol. The first-order valence-corrected chi connectivity index (χ1v) is 9.57. The molecule has 1 aromatic heterocycles. The molecule has 0 atom stereocenters. The highest BCUT2D eigenvalue weighted by atomic mass is 32.2. The highest BCUT2D eigenvalue weighted by Gasteiger charge is 2.31. The highest BCUT2D eigenvalue weighted by molar-refractivity contribution is 7.89. The second-order valence-corrected chi connectivity index (χ2v) is 7.78. The predicted octanol–water partition coefficient (Wildman–Crippen LogP) is 2.47. The number of carbonyl (C=O) groups excluding carboxylic acids is 1. The van der Waals surface area contributed by atoms with E-state index in [-0.39, 0.29) is 23.5 Å². The van der Waals surface area contributed by atoms with Crippen molar-refractivity contribution in [1.82, 2.24) is 9.71 Å². The van der Waals surface area contributed by atoms with Crippen LogP contribution in [-0.2, 0) is 21.0 Å². The Morgan fingerprint density at radius 1 is 1.21 bits per heavy atom. The molecule has 152 valence electrons. The summed E-state index contributed by atoms with van der Waals surface area (Å²) in [5.74, 6) is -0.628. The molecule has 1 aromatic carbocycles. The maximum absolute atomic E-state index is 12.9. The Hall–Kier alpha value is -2.66. The van der Waals surface area contributed by atoms with Gasteiger partial charge in [0.25, 0.3) is 0 Å². The van der Waals surface area contributed by atoms with Crippen LogP contribution in [0.1, 0.15) is 12.0 Å². The van der Waals surface area contributed by atoms with Crippen LogP contribution in [0.25, 0.3) is 0 Å². The number of carbonyl (C=O) groups is 1. The van der Waals surface area contributed by atoms with Gasteiger partial charge in [-0.15, -0.1) is 0 Å². The van der Waals surface area contributed by atoms with E-state index in [2.05, 4.69) is 15.0 Å². The zero-order valence-electron chi connectivity index (χ0n) is 15.1. The van der Waals surface area contributed by atoms with Crippen LogP contribution < -0.4 is 14.9 Å². The van der Waals surface area contributed by atoms with E-state index in [9.17, 15) is 26.4 Å². The number of nitrogens with zero attached hydrogens (tertiary/aromatic N) is 2. The van der Waals surface area contributed by atoms with Gasteiger partial charge in [-0.05, 0) is 30.3 Å². The summed E-state index contributed by atoms with van der Waals surface area (Å²) in [6.45, 7) is -0.223. The first-order chi connectivity index (χ1) is 13.0. The van der Waals surface area contributed by atoms with Crippen molar-refractivity contribution in [1.29, 1.82) is 0 Å². The molecule has 0 saturated carbocycles. The van der Waals surface area contributed by atoms with Gasteiger partial charge in [0, 0.05) is 39.5 Å². The maximum atomic E-state index is 12.9. The number of anilines is 2. The lowest BCUT2D eigenvalue weighted by molar-refractivity contribution is -0.137. The molecule has 0 radical (unpaired) electrons. The Morgan fingerprint density at radius 3 is 2.50 bits per heavy atom. The Labute approximate surface area is 160 Å². The molecule has 0 spiro atoms. The second-order valence-electron chi connectivity index (χ2n) is 6.01. The number of nitrogens with one attached hydrogen (secondary N) is 2. The van der Waals surface area contributed by atoms with Gasteiger partial charge in [-0.25, -0.2) is 13.1 Å². The van der Waals surface area contributed by atoms with E-state index < -0.39 is 27.7 Å². The summed E-state index contributed by atoms with van der Waals surface area (Å²) >= 11 is 0. The molecule has 0 bridgehead atoms. The number of pyridine rings is 1. The molecule has 0 unspecified atom stereocenters. The van der Waals surface area contributed by atoms with Gasteiger partial charge < -0.3 is 10.2 Å². The average Bonchev–Trinajstić information content (AvgIpc) is 2.61. The molecule has 0 aliphatic carbocycles. The van der Waals surface area contributed by atoms with Gasteiger partial charge in [-0.2, -0.15) is 13.2 Å². The number of amides is 1. The van der Waals surface area contributed by atoms with Crippen molar-refractivity contribution in [2.24, 2.45) is 0 Å². The topological polar surface area (TPSA) is 91.4 Å². The summed E-state index contributed by atoms with van der Waals surface area (Å²) < 4.78 is 65.1. The molecule has 1 amide bonds. The lowest BCUT2D eigenvalue weighted by Crippen LogP contribution is -2.28. The zero-order chi connectivity index (χ0) is 20.9. The van der Waals surface area contributed by atoms with Crippen LogP contribution in [0.2, 0.25) is 0 Å². The monoisotopic (exact) mass is 416 g/mol. The number of hydrogen-bond donors (Lipinski definition) is 2. The van der Waals surface area contributed by atoms with Gasteiger partial charge in [0.2, 0.25) is 15.9 Å². The van der Waals surface area contributed by atoms with Crippen molar-refractivity contribution in [3.63, 3.8) is 0 Å². The van der Waals surface area contributed by atoms with Crippen molar-refractivity contribution in [2.45, 2.75) is 17.5 Å². The van der Waals surface area contributed by atoms with Crippen LogP contribution in [0.3, 0.4) is 0 Å². The number of benzene rings is 1. The zero-order valence-corrected chi connectivity index (χ0v) is 15.9. The van der Waals surface area contributed by atoms with Crippen molar-refractivity contribution in [2.75, 3.05) is 30.9 Å². The molecule has 0 aliphatic rings. The number of halogens is 3. The van der Waals surface area contributed by atoms with Gasteiger partial charge in [0.1, 0.15) is 4.90 Å². The largest absolute Gasteiger partial charge is 0.416 e. The first kappa shape index (κ1) is 21.6.